The second-order valence-corrected chi connectivity index (χ2v) is 15.1. The topological polar surface area (TPSA) is 17.1 Å². The Morgan fingerprint density at radius 1 is 0.667 bits per heavy atom. The molecule has 141 valence electrons. The molecule has 1 radical (unpaired) electrons. The van der Waals surface area contributed by atoms with E-state index in [9.17, 15) is 4.79 Å². The van der Waals surface area contributed by atoms with Crippen molar-refractivity contribution in [2.45, 2.75) is 32.6 Å². The summed E-state index contributed by atoms with van der Waals surface area (Å²) in [5.41, 5.74) is 0. The Balaban J connectivity index is 2.12. The van der Waals surface area contributed by atoms with Gasteiger partial charge in [0, 0.05) is 0 Å². The summed E-state index contributed by atoms with van der Waals surface area (Å²) in [5, 5.41) is 0. The second kappa shape index (κ2) is 9.84. The number of rotatable bonds is 9. The van der Waals surface area contributed by atoms with Crippen molar-refractivity contribution in [3.63, 3.8) is 0 Å². The predicted molar refractivity (Wildman–Crippen MR) is 123 cm³/mol. The third-order valence-corrected chi connectivity index (χ3v) is 15.3. The Bertz CT molecular complexity index is 731. The zero-order chi connectivity index (χ0) is 19.0. The summed E-state index contributed by atoms with van der Waals surface area (Å²) in [6.45, 7) is 2.18. The minimum atomic E-state index is -2.97. The van der Waals surface area contributed by atoms with E-state index in [0.29, 0.717) is 16.6 Å². The van der Waals surface area contributed by atoms with Gasteiger partial charge in [0.25, 0.3) is 0 Å². The van der Waals surface area contributed by atoms with Gasteiger partial charge in [0.05, 0.1) is 0 Å². The first-order chi connectivity index (χ1) is 13.3. The molecule has 2 heteroatoms. The number of benzene rings is 3. The van der Waals surface area contributed by atoms with Crippen LogP contribution in [0.3, 0.4) is 0 Å². The first-order valence-corrected chi connectivity index (χ1v) is 14.4. The predicted octanol–water partition coefficient (Wildman–Crippen LogP) is 6.79. The molecule has 27 heavy (non-hydrogen) atoms. The van der Waals surface area contributed by atoms with Gasteiger partial charge >= 0.3 is 168 Å². The Hall–Kier alpha value is -1.94. The van der Waals surface area contributed by atoms with Crippen LogP contribution in [0.5, 0.6) is 0 Å². The van der Waals surface area contributed by atoms with Crippen molar-refractivity contribution in [1.82, 2.24) is 0 Å². The van der Waals surface area contributed by atoms with Crippen LogP contribution in [0.2, 0.25) is 0 Å². The fraction of sp³-hybridized carbons (Fsp3) is 0.240. The molecule has 1 nitrogen and oxygen atoms in total. The fourth-order valence-electron chi connectivity index (χ4n) is 3.36. The quantitative estimate of drug-likeness (QED) is 0.191. The van der Waals surface area contributed by atoms with E-state index in [1.165, 1.54) is 10.7 Å². The van der Waals surface area contributed by atoms with Crippen molar-refractivity contribution in [2.75, 3.05) is 4.43 Å². The summed E-state index contributed by atoms with van der Waals surface area (Å²) in [6.07, 6.45) is 3.98. The molecule has 0 amide bonds. The zero-order valence-electron chi connectivity index (χ0n) is 16.0. The molecule has 0 aliphatic carbocycles. The molecule has 0 spiro atoms. The molecule has 0 aromatic heterocycles. The van der Waals surface area contributed by atoms with E-state index in [1.54, 1.807) is 0 Å². The van der Waals surface area contributed by atoms with Gasteiger partial charge in [-0.1, -0.05) is 0 Å². The molecule has 0 aliphatic heterocycles. The molecule has 3 aromatic rings. The molecule has 0 fully saturated rings. The first kappa shape index (κ1) is 19.8. The molecule has 0 heterocycles. The number of unbranched alkanes of at least 4 members (excludes halogenated alkanes) is 2. The number of hydrogen-bond acceptors (Lipinski definition) is 1. The van der Waals surface area contributed by atoms with Crippen molar-refractivity contribution in [2.24, 2.45) is 0 Å². The van der Waals surface area contributed by atoms with Gasteiger partial charge in [0.1, 0.15) is 0 Å². The van der Waals surface area contributed by atoms with Gasteiger partial charge in [-0.25, -0.2) is 0 Å². The Morgan fingerprint density at radius 3 is 1.44 bits per heavy atom. The third-order valence-electron chi connectivity index (χ3n) is 4.73. The van der Waals surface area contributed by atoms with E-state index in [1.807, 2.05) is 0 Å². The molecule has 0 atom stereocenters. The number of ketones is 1. The summed E-state index contributed by atoms with van der Waals surface area (Å²) in [4.78, 5) is 13.1. The van der Waals surface area contributed by atoms with Crippen LogP contribution in [0.15, 0.2) is 91.0 Å². The molecule has 0 aliphatic rings. The Morgan fingerprint density at radius 2 is 1.07 bits per heavy atom. The Kier molecular flexibility index (Phi) is 7.22. The van der Waals surface area contributed by atoms with E-state index in [0.717, 1.165) is 19.3 Å². The van der Waals surface area contributed by atoms with E-state index in [4.69, 9.17) is 0 Å². The zero-order valence-corrected chi connectivity index (χ0v) is 18.1. The van der Waals surface area contributed by atoms with Gasteiger partial charge in [-0.15, -0.1) is 0 Å². The average molecular weight is 471 g/mol. The van der Waals surface area contributed by atoms with Crippen LogP contribution in [0, 0.1) is 10.7 Å². The molecular formula is C25H28IO. The van der Waals surface area contributed by atoms with Crippen LogP contribution in [0.25, 0.3) is 0 Å². The monoisotopic (exact) mass is 471 g/mol. The van der Waals surface area contributed by atoms with Crippen LogP contribution in [-0.4, -0.2) is 10.2 Å². The van der Waals surface area contributed by atoms with Crippen molar-refractivity contribution >= 4 is 24.2 Å². The molecule has 0 saturated heterocycles. The second-order valence-electron chi connectivity index (χ2n) is 6.70. The van der Waals surface area contributed by atoms with Gasteiger partial charge < -0.3 is 0 Å². The van der Waals surface area contributed by atoms with Crippen molar-refractivity contribution in [3.05, 3.63) is 102 Å². The molecule has 0 N–H and O–H groups in total. The van der Waals surface area contributed by atoms with Gasteiger partial charge in [0.15, 0.2) is 0 Å². The molecule has 3 rings (SSSR count). The number of Topliss-reactive ketones (excluding diaryl/α,β-unsaturated/α-hetero) is 1. The van der Waals surface area contributed by atoms with Crippen LogP contribution < -0.4 is 0 Å². The van der Waals surface area contributed by atoms with Crippen molar-refractivity contribution < 1.29 is 4.79 Å². The van der Waals surface area contributed by atoms with Crippen LogP contribution in [0.4, 0.5) is 0 Å². The Labute approximate surface area is 167 Å². The van der Waals surface area contributed by atoms with Crippen molar-refractivity contribution in [1.29, 1.82) is 0 Å². The van der Waals surface area contributed by atoms with Gasteiger partial charge in [-0.05, 0) is 0 Å². The molecule has 0 unspecified atom stereocenters. The maximum atomic E-state index is 13.1. The van der Waals surface area contributed by atoms with Crippen LogP contribution >= 0.6 is 18.4 Å². The number of carbonyl (C=O) groups is 1. The SMILES string of the molecule is CCCCCC(=O)C[I](c1ccccc1)(c1ccccc1)c1ccccc1. The summed E-state index contributed by atoms with van der Waals surface area (Å²) >= 11 is -2.97. The average Bonchev–Trinajstić information content (AvgIpc) is 2.74. The molecule has 0 bridgehead atoms. The molecule has 0 saturated carbocycles. The van der Waals surface area contributed by atoms with Crippen molar-refractivity contribution in [3.8, 4) is 0 Å². The summed E-state index contributed by atoms with van der Waals surface area (Å²) in [7, 11) is 0. The number of halogens is 1. The summed E-state index contributed by atoms with van der Waals surface area (Å²) in [6, 6.07) is 32.3. The first-order valence-electron chi connectivity index (χ1n) is 9.68. The summed E-state index contributed by atoms with van der Waals surface area (Å²) in [5.74, 6) is 0.413. The van der Waals surface area contributed by atoms with E-state index in [2.05, 4.69) is 97.9 Å². The number of carbonyl (C=O) groups excluding carboxylic acids is 1. The standard InChI is InChI=1S/C25H28IO/c1-2-3-7-20-25(27)21-26(22-14-8-4-9-15-22,23-16-10-5-11-17-23)24-18-12-6-13-19-24/h4-6,8-19H,2-3,7,20-21H2,1H3. The number of hydrogen-bond donors (Lipinski definition) is 0. The van der Waals surface area contributed by atoms with Gasteiger partial charge in [0.2, 0.25) is 0 Å². The molecule has 3 aromatic carbocycles. The summed E-state index contributed by atoms with van der Waals surface area (Å²) < 4.78 is 4.73. The normalized spacial score (nSPS) is 11.9. The van der Waals surface area contributed by atoms with E-state index < -0.39 is 18.4 Å². The minimum absolute atomic E-state index is 0.413. The third kappa shape index (κ3) is 4.67. The van der Waals surface area contributed by atoms with Gasteiger partial charge in [-0.2, -0.15) is 0 Å². The van der Waals surface area contributed by atoms with E-state index in [-0.39, 0.29) is 0 Å². The fourth-order valence-corrected chi connectivity index (χ4v) is 13.4. The van der Waals surface area contributed by atoms with E-state index >= 15 is 0 Å². The maximum absolute atomic E-state index is 13.1. The van der Waals surface area contributed by atoms with Gasteiger partial charge in [-0.3, -0.25) is 0 Å². The number of alkyl halides is 1. The molecular weight excluding hydrogens is 443 g/mol. The van der Waals surface area contributed by atoms with Crippen LogP contribution in [-0.2, 0) is 4.79 Å². The van der Waals surface area contributed by atoms with Crippen LogP contribution in [0.1, 0.15) is 32.6 Å².